The van der Waals surface area contributed by atoms with Crippen LogP contribution >= 0.6 is 34.2 Å². The van der Waals surface area contributed by atoms with Crippen molar-refractivity contribution >= 4 is 34.2 Å². The molecule has 0 bridgehead atoms. The van der Waals surface area contributed by atoms with Gasteiger partial charge in [-0.25, -0.2) is 0 Å². The quantitative estimate of drug-likeness (QED) is 0.485. The largest absolute Gasteiger partial charge is 0.388 e. The molecule has 0 aromatic heterocycles. The van der Waals surface area contributed by atoms with E-state index >= 15 is 0 Å². The molecule has 1 aromatic rings. The second-order valence-electron chi connectivity index (χ2n) is 8.27. The summed E-state index contributed by atoms with van der Waals surface area (Å²) < 4.78 is -0.329. The molecule has 3 rings (SSSR count). The van der Waals surface area contributed by atoms with E-state index in [9.17, 15) is 5.11 Å². The first-order valence-corrected chi connectivity index (χ1v) is 11.4. The van der Waals surface area contributed by atoms with Crippen molar-refractivity contribution in [3.63, 3.8) is 0 Å². The van der Waals surface area contributed by atoms with Gasteiger partial charge < -0.3 is 10.0 Å². The van der Waals surface area contributed by atoms with Crippen LogP contribution in [0.2, 0.25) is 5.02 Å². The maximum absolute atomic E-state index is 11.8. The summed E-state index contributed by atoms with van der Waals surface area (Å²) in [5.74, 6) is 0.763. The Labute approximate surface area is 177 Å². The highest BCUT2D eigenvalue weighted by Gasteiger charge is 2.51. The van der Waals surface area contributed by atoms with Gasteiger partial charge in [0.05, 0.1) is 9.02 Å². The minimum Gasteiger partial charge on any atom is -0.388 e. The summed E-state index contributed by atoms with van der Waals surface area (Å²) >= 11 is 8.89. The lowest BCUT2D eigenvalue weighted by Crippen LogP contribution is -2.57. The van der Waals surface area contributed by atoms with Gasteiger partial charge in [0.25, 0.3) is 0 Å². The summed E-state index contributed by atoms with van der Waals surface area (Å²) in [6, 6.07) is 8.16. The number of hydrogen-bond acceptors (Lipinski definition) is 3. The van der Waals surface area contributed by atoms with E-state index in [1.54, 1.807) is 0 Å². The van der Waals surface area contributed by atoms with E-state index in [1.165, 1.54) is 12.0 Å². The molecule has 1 aliphatic heterocycles. The van der Waals surface area contributed by atoms with Crippen LogP contribution in [-0.4, -0.2) is 60.3 Å². The van der Waals surface area contributed by atoms with Gasteiger partial charge in [-0.3, -0.25) is 4.90 Å². The Morgan fingerprint density at radius 2 is 1.88 bits per heavy atom. The standard InChI is InChI=1S/C21H32ClIN2O/c1-3-17-7-9-20(26,10-8-17)21(23,18-5-4-6-19(22)15-18)16-25-13-11-24(2)12-14-25/h4-6,15,17,26H,3,7-14,16H2,1-2H3. The first-order chi connectivity index (χ1) is 12.4. The highest BCUT2D eigenvalue weighted by atomic mass is 127. The Morgan fingerprint density at radius 3 is 2.46 bits per heavy atom. The number of hydrogen-bond donors (Lipinski definition) is 1. The van der Waals surface area contributed by atoms with Gasteiger partial charge >= 0.3 is 0 Å². The van der Waals surface area contributed by atoms with Gasteiger partial charge in [-0.05, 0) is 56.3 Å². The second kappa shape index (κ2) is 8.64. The Kier molecular flexibility index (Phi) is 6.93. The van der Waals surface area contributed by atoms with Crippen molar-refractivity contribution in [2.75, 3.05) is 39.8 Å². The zero-order chi connectivity index (χ0) is 18.8. The van der Waals surface area contributed by atoms with Crippen molar-refractivity contribution in [2.24, 2.45) is 5.92 Å². The van der Waals surface area contributed by atoms with Gasteiger partial charge in [-0.15, -0.1) is 0 Å². The molecule has 1 unspecified atom stereocenters. The smallest absolute Gasteiger partial charge is 0.0883 e. The zero-order valence-electron chi connectivity index (χ0n) is 16.1. The summed E-state index contributed by atoms with van der Waals surface area (Å²) in [7, 11) is 2.19. The molecular weight excluding hydrogens is 459 g/mol. The molecule has 1 aliphatic carbocycles. The summed E-state index contributed by atoms with van der Waals surface area (Å²) in [6.07, 6.45) is 5.24. The molecule has 0 spiro atoms. The molecule has 2 aliphatic rings. The Hall–Kier alpha value is 0.120. The summed E-state index contributed by atoms with van der Waals surface area (Å²) in [6.45, 7) is 7.48. The van der Waals surface area contributed by atoms with Crippen LogP contribution in [0.4, 0.5) is 0 Å². The molecule has 146 valence electrons. The van der Waals surface area contributed by atoms with Crippen molar-refractivity contribution < 1.29 is 5.11 Å². The SMILES string of the molecule is CCC1CCC(O)(C(I)(CN2CCN(C)CC2)c2cccc(Cl)c2)CC1. The molecular formula is C21H32ClIN2O. The predicted octanol–water partition coefficient (Wildman–Crippen LogP) is 4.55. The highest BCUT2D eigenvalue weighted by molar-refractivity contribution is 14.1. The monoisotopic (exact) mass is 490 g/mol. The Morgan fingerprint density at radius 1 is 1.23 bits per heavy atom. The van der Waals surface area contributed by atoms with Crippen LogP contribution < -0.4 is 0 Å². The molecule has 1 aromatic carbocycles. The first kappa shape index (κ1) is 20.8. The van der Waals surface area contributed by atoms with Gasteiger partial charge in [0, 0.05) is 37.7 Å². The summed E-state index contributed by atoms with van der Waals surface area (Å²) in [5, 5.41) is 12.6. The highest BCUT2D eigenvalue weighted by Crippen LogP contribution is 2.51. The molecule has 1 N–H and O–H groups in total. The van der Waals surface area contributed by atoms with Gasteiger partial charge in [0.1, 0.15) is 0 Å². The maximum Gasteiger partial charge on any atom is 0.0883 e. The van der Waals surface area contributed by atoms with Crippen LogP contribution in [0.25, 0.3) is 0 Å². The van der Waals surface area contributed by atoms with Crippen molar-refractivity contribution in [1.29, 1.82) is 0 Å². The summed E-state index contributed by atoms with van der Waals surface area (Å²) in [4.78, 5) is 4.91. The van der Waals surface area contributed by atoms with Gasteiger partial charge in [0.15, 0.2) is 0 Å². The number of halogens is 2. The Bertz CT molecular complexity index is 597. The van der Waals surface area contributed by atoms with E-state index in [4.69, 9.17) is 11.6 Å². The van der Waals surface area contributed by atoms with E-state index in [2.05, 4.69) is 58.5 Å². The topological polar surface area (TPSA) is 26.7 Å². The van der Waals surface area contributed by atoms with Crippen LogP contribution in [0.3, 0.4) is 0 Å². The third-order valence-corrected chi connectivity index (χ3v) is 8.77. The second-order valence-corrected chi connectivity index (χ2v) is 10.6. The number of likely N-dealkylation sites (N-methyl/N-ethyl adjacent to an activating group) is 1. The lowest BCUT2D eigenvalue weighted by atomic mass is 9.69. The average Bonchev–Trinajstić information content (AvgIpc) is 2.64. The van der Waals surface area contributed by atoms with E-state index < -0.39 is 5.60 Å². The van der Waals surface area contributed by atoms with E-state index in [1.807, 2.05) is 12.1 Å². The van der Waals surface area contributed by atoms with Crippen molar-refractivity contribution in [3.8, 4) is 0 Å². The number of rotatable bonds is 5. The fraction of sp³-hybridized carbons (Fsp3) is 0.714. The third-order valence-electron chi connectivity index (χ3n) is 6.57. The van der Waals surface area contributed by atoms with Crippen LogP contribution in [-0.2, 0) is 3.42 Å². The third kappa shape index (κ3) is 4.40. The van der Waals surface area contributed by atoms with Crippen molar-refractivity contribution in [3.05, 3.63) is 34.9 Å². The molecule has 1 saturated carbocycles. The average molecular weight is 491 g/mol. The van der Waals surface area contributed by atoms with Crippen LogP contribution in [0.5, 0.6) is 0 Å². The first-order valence-electron chi connectivity index (χ1n) is 9.94. The van der Waals surface area contributed by atoms with E-state index in [-0.39, 0.29) is 3.42 Å². The molecule has 1 heterocycles. The number of aliphatic hydroxyl groups is 1. The van der Waals surface area contributed by atoms with Crippen molar-refractivity contribution in [1.82, 2.24) is 9.80 Å². The molecule has 1 saturated heterocycles. The fourth-order valence-electron chi connectivity index (χ4n) is 4.52. The van der Waals surface area contributed by atoms with E-state index in [0.29, 0.717) is 0 Å². The lowest BCUT2D eigenvalue weighted by Gasteiger charge is -2.50. The minimum absolute atomic E-state index is 0.329. The number of piperazine rings is 1. The maximum atomic E-state index is 11.8. The van der Waals surface area contributed by atoms with Crippen LogP contribution in [0.1, 0.15) is 44.6 Å². The van der Waals surface area contributed by atoms with Gasteiger partial charge in [0.2, 0.25) is 0 Å². The van der Waals surface area contributed by atoms with Crippen molar-refractivity contribution in [2.45, 2.75) is 48.1 Å². The fourth-order valence-corrected chi connectivity index (χ4v) is 6.06. The van der Waals surface area contributed by atoms with Crippen LogP contribution in [0, 0.1) is 5.92 Å². The molecule has 0 amide bonds. The number of nitrogens with zero attached hydrogens (tertiary/aromatic N) is 2. The summed E-state index contributed by atoms with van der Waals surface area (Å²) in [5.41, 5.74) is 0.495. The number of benzene rings is 1. The van der Waals surface area contributed by atoms with Gasteiger partial charge in [-0.2, -0.15) is 0 Å². The predicted molar refractivity (Wildman–Crippen MR) is 118 cm³/mol. The molecule has 26 heavy (non-hydrogen) atoms. The van der Waals surface area contributed by atoms with Crippen LogP contribution in [0.15, 0.2) is 24.3 Å². The number of alkyl halides is 1. The lowest BCUT2D eigenvalue weighted by molar-refractivity contribution is -0.0510. The molecule has 1 atom stereocenters. The minimum atomic E-state index is -0.673. The Balaban J connectivity index is 1.88. The molecule has 2 fully saturated rings. The molecule has 0 radical (unpaired) electrons. The normalized spacial score (nSPS) is 30.9. The molecule has 5 heteroatoms. The van der Waals surface area contributed by atoms with Gasteiger partial charge in [-0.1, -0.05) is 59.7 Å². The zero-order valence-corrected chi connectivity index (χ0v) is 19.0. The molecule has 3 nitrogen and oxygen atoms in total. The van der Waals surface area contributed by atoms with E-state index in [0.717, 1.165) is 69.3 Å².